The first-order chi connectivity index (χ1) is 16.9. The molecule has 2 atom stereocenters. The lowest BCUT2D eigenvalue weighted by molar-refractivity contribution is 0.0358. The molecule has 4 rings (SSSR count). The summed E-state index contributed by atoms with van der Waals surface area (Å²) in [5.74, 6) is -0.811. The summed E-state index contributed by atoms with van der Waals surface area (Å²) >= 11 is 0. The van der Waals surface area contributed by atoms with Crippen molar-refractivity contribution in [1.82, 2.24) is 19.9 Å². The number of methoxy groups -OCH3 is 2. The van der Waals surface area contributed by atoms with Crippen molar-refractivity contribution in [2.45, 2.75) is 31.9 Å². The van der Waals surface area contributed by atoms with E-state index >= 15 is 0 Å². The lowest BCUT2D eigenvalue weighted by Crippen LogP contribution is -2.49. The van der Waals surface area contributed by atoms with Crippen LogP contribution in [-0.2, 0) is 4.74 Å². The second-order valence-electron chi connectivity index (χ2n) is 8.07. The number of esters is 1. The van der Waals surface area contributed by atoms with Crippen LogP contribution in [0.1, 0.15) is 40.5 Å². The number of hydrogen-bond donors (Lipinski definition) is 0. The summed E-state index contributed by atoms with van der Waals surface area (Å²) in [5, 5.41) is 0. The third-order valence-corrected chi connectivity index (χ3v) is 5.88. The third-order valence-electron chi connectivity index (χ3n) is 5.88. The Labute approximate surface area is 201 Å². The van der Waals surface area contributed by atoms with Gasteiger partial charge in [0.15, 0.2) is 11.4 Å². The molecule has 1 aromatic carbocycles. The number of benzene rings is 1. The fourth-order valence-corrected chi connectivity index (χ4v) is 4.07. The second-order valence-corrected chi connectivity index (χ2v) is 8.07. The summed E-state index contributed by atoms with van der Waals surface area (Å²) in [7, 11) is 2.70. The predicted molar refractivity (Wildman–Crippen MR) is 124 cm³/mol. The van der Waals surface area contributed by atoms with Crippen LogP contribution in [0.5, 0.6) is 11.6 Å². The van der Waals surface area contributed by atoms with E-state index in [1.54, 1.807) is 17.0 Å². The van der Waals surface area contributed by atoms with Crippen molar-refractivity contribution in [3.63, 3.8) is 0 Å². The lowest BCUT2D eigenvalue weighted by Gasteiger charge is -2.38. The van der Waals surface area contributed by atoms with Crippen molar-refractivity contribution in [3.05, 3.63) is 65.9 Å². The summed E-state index contributed by atoms with van der Waals surface area (Å²) in [5.41, 5.74) is 0.684. The highest BCUT2D eigenvalue weighted by Gasteiger charge is 2.33. The molecule has 0 aliphatic carbocycles. The van der Waals surface area contributed by atoms with E-state index in [2.05, 4.69) is 15.0 Å². The highest BCUT2D eigenvalue weighted by Crippen LogP contribution is 2.31. The standard InChI is InChI=1S/C25H25FN4O5/c1-15-5-7-17(35-23-21(25(32)34-3)20(33-2)9-12-29-23)14-30(15)24(31)18-8-6-16(26)13-19(18)22-27-10-4-11-28-22/h4,6,8-13,15,17H,5,7,14H2,1-3H3/t15-,17-/m1/s1. The van der Waals surface area contributed by atoms with Crippen LogP contribution in [0.2, 0.25) is 0 Å². The van der Waals surface area contributed by atoms with Crippen molar-refractivity contribution in [1.29, 1.82) is 0 Å². The smallest absolute Gasteiger partial charge is 0.347 e. The van der Waals surface area contributed by atoms with Crippen LogP contribution in [0.4, 0.5) is 4.39 Å². The molecule has 182 valence electrons. The van der Waals surface area contributed by atoms with Gasteiger partial charge >= 0.3 is 5.97 Å². The van der Waals surface area contributed by atoms with Crippen LogP contribution >= 0.6 is 0 Å². The fraction of sp³-hybridized carbons (Fsp3) is 0.320. The molecule has 3 heterocycles. The second kappa shape index (κ2) is 10.5. The zero-order chi connectivity index (χ0) is 24.9. The molecule has 0 spiro atoms. The van der Waals surface area contributed by atoms with E-state index in [9.17, 15) is 14.0 Å². The molecule has 0 saturated carbocycles. The average Bonchev–Trinajstić information content (AvgIpc) is 2.89. The molecular weight excluding hydrogens is 455 g/mol. The van der Waals surface area contributed by atoms with Gasteiger partial charge in [-0.3, -0.25) is 4.79 Å². The van der Waals surface area contributed by atoms with Crippen LogP contribution in [0.3, 0.4) is 0 Å². The minimum atomic E-state index is -0.638. The maximum absolute atomic E-state index is 14.1. The van der Waals surface area contributed by atoms with Gasteiger partial charge in [0.1, 0.15) is 17.7 Å². The van der Waals surface area contributed by atoms with E-state index in [0.717, 1.165) is 0 Å². The Hall–Kier alpha value is -4.08. The first-order valence-electron chi connectivity index (χ1n) is 11.1. The van der Waals surface area contributed by atoms with Gasteiger partial charge in [-0.05, 0) is 50.1 Å². The quantitative estimate of drug-likeness (QED) is 0.494. The number of carbonyl (C=O) groups excluding carboxylic acids is 2. The molecule has 1 aliphatic rings. The van der Waals surface area contributed by atoms with Crippen LogP contribution in [0.25, 0.3) is 11.4 Å². The largest absolute Gasteiger partial charge is 0.496 e. The summed E-state index contributed by atoms with van der Waals surface area (Å²) in [6.07, 6.45) is 5.41. The minimum absolute atomic E-state index is 0.0725. The number of ether oxygens (including phenoxy) is 3. The Morgan fingerprint density at radius 3 is 2.54 bits per heavy atom. The van der Waals surface area contributed by atoms with Gasteiger partial charge < -0.3 is 19.1 Å². The summed E-state index contributed by atoms with van der Waals surface area (Å²) < 4.78 is 30.3. The maximum atomic E-state index is 14.1. The Morgan fingerprint density at radius 2 is 1.83 bits per heavy atom. The molecule has 0 radical (unpaired) electrons. The molecule has 0 unspecified atom stereocenters. The van der Waals surface area contributed by atoms with Gasteiger partial charge in [-0.15, -0.1) is 0 Å². The van der Waals surface area contributed by atoms with Crippen molar-refractivity contribution >= 4 is 11.9 Å². The topological polar surface area (TPSA) is 104 Å². The van der Waals surface area contributed by atoms with Crippen LogP contribution in [-0.4, -0.2) is 64.6 Å². The minimum Gasteiger partial charge on any atom is -0.496 e. The number of amides is 1. The van der Waals surface area contributed by atoms with Crippen molar-refractivity contribution in [2.75, 3.05) is 20.8 Å². The Bertz CT molecular complexity index is 1220. The van der Waals surface area contributed by atoms with Crippen molar-refractivity contribution in [2.24, 2.45) is 0 Å². The highest BCUT2D eigenvalue weighted by atomic mass is 19.1. The Kier molecular flexibility index (Phi) is 7.19. The van der Waals surface area contributed by atoms with Gasteiger partial charge in [0.25, 0.3) is 5.91 Å². The van der Waals surface area contributed by atoms with Gasteiger partial charge in [-0.2, -0.15) is 0 Å². The average molecular weight is 480 g/mol. The zero-order valence-corrected chi connectivity index (χ0v) is 19.6. The SMILES string of the molecule is COC(=O)c1c(OC)ccnc1O[C@@H]1CC[C@@H](C)N(C(=O)c2ccc(F)cc2-c2ncccn2)C1. The third kappa shape index (κ3) is 5.06. The monoisotopic (exact) mass is 480 g/mol. The molecular formula is C25H25FN4O5. The van der Waals surface area contributed by atoms with E-state index in [4.69, 9.17) is 14.2 Å². The number of piperidine rings is 1. The van der Waals surface area contributed by atoms with E-state index in [-0.39, 0.29) is 41.5 Å². The Balaban J connectivity index is 1.61. The molecule has 0 N–H and O–H groups in total. The molecule has 0 bridgehead atoms. The van der Waals surface area contributed by atoms with E-state index in [1.807, 2.05) is 6.92 Å². The number of halogens is 1. The number of nitrogens with zero attached hydrogens (tertiary/aromatic N) is 4. The fourth-order valence-electron chi connectivity index (χ4n) is 4.07. The summed E-state index contributed by atoms with van der Waals surface area (Å²) in [6, 6.07) is 7.04. The molecule has 1 saturated heterocycles. The molecule has 35 heavy (non-hydrogen) atoms. The lowest BCUT2D eigenvalue weighted by atomic mass is 9.98. The van der Waals surface area contributed by atoms with Gasteiger partial charge in [-0.1, -0.05) is 0 Å². The van der Waals surface area contributed by atoms with Crippen molar-refractivity contribution in [3.8, 4) is 23.0 Å². The number of carbonyl (C=O) groups is 2. The summed E-state index contributed by atoms with van der Waals surface area (Å²) in [6.45, 7) is 2.19. The number of rotatable bonds is 6. The van der Waals surface area contributed by atoms with E-state index in [0.29, 0.717) is 24.0 Å². The van der Waals surface area contributed by atoms with Crippen molar-refractivity contribution < 1.29 is 28.2 Å². The van der Waals surface area contributed by atoms with E-state index < -0.39 is 17.9 Å². The number of aromatic nitrogens is 3. The normalized spacial score (nSPS) is 17.5. The van der Waals surface area contributed by atoms with Crippen LogP contribution in [0, 0.1) is 5.82 Å². The van der Waals surface area contributed by atoms with Gasteiger partial charge in [-0.25, -0.2) is 24.1 Å². The van der Waals surface area contributed by atoms with Gasteiger partial charge in [0.05, 0.1) is 26.3 Å². The summed E-state index contributed by atoms with van der Waals surface area (Å²) in [4.78, 5) is 40.2. The predicted octanol–water partition coefficient (Wildman–Crippen LogP) is 3.55. The molecule has 10 heteroatoms. The van der Waals surface area contributed by atoms with Gasteiger partial charge in [0, 0.05) is 30.2 Å². The molecule has 9 nitrogen and oxygen atoms in total. The molecule has 1 amide bonds. The van der Waals surface area contributed by atoms with E-state index in [1.165, 1.54) is 51.0 Å². The van der Waals surface area contributed by atoms with Crippen LogP contribution < -0.4 is 9.47 Å². The number of likely N-dealkylation sites (tertiary alicyclic amines) is 1. The maximum Gasteiger partial charge on any atom is 0.347 e. The number of pyridine rings is 1. The molecule has 1 fully saturated rings. The molecule has 3 aromatic rings. The zero-order valence-electron chi connectivity index (χ0n) is 19.6. The van der Waals surface area contributed by atoms with Gasteiger partial charge in [0.2, 0.25) is 5.88 Å². The van der Waals surface area contributed by atoms with Crippen LogP contribution in [0.15, 0.2) is 48.9 Å². The first kappa shape index (κ1) is 24.1. The highest BCUT2D eigenvalue weighted by molar-refractivity contribution is 6.00. The number of hydrogen-bond acceptors (Lipinski definition) is 8. The first-order valence-corrected chi connectivity index (χ1v) is 11.1. The molecule has 2 aromatic heterocycles. The molecule has 1 aliphatic heterocycles. The Morgan fingerprint density at radius 1 is 1.06 bits per heavy atom.